The van der Waals surface area contributed by atoms with E-state index in [2.05, 4.69) is 24.0 Å². The summed E-state index contributed by atoms with van der Waals surface area (Å²) in [5.74, 6) is 1.29. The van der Waals surface area contributed by atoms with Gasteiger partial charge in [0.2, 0.25) is 0 Å². The van der Waals surface area contributed by atoms with Crippen molar-refractivity contribution in [3.63, 3.8) is 0 Å². The second-order valence-electron chi connectivity index (χ2n) is 2.22. The van der Waals surface area contributed by atoms with Crippen molar-refractivity contribution < 1.29 is 0 Å². The molecular formula is C6H13NS. The van der Waals surface area contributed by atoms with Crippen LogP contribution >= 0.6 is 11.8 Å². The van der Waals surface area contributed by atoms with E-state index in [0.29, 0.717) is 0 Å². The molecule has 48 valence electrons. The van der Waals surface area contributed by atoms with Crippen LogP contribution in [-0.4, -0.2) is 24.1 Å². The topological polar surface area (TPSA) is 12.0 Å². The van der Waals surface area contributed by atoms with Gasteiger partial charge < -0.3 is 5.32 Å². The van der Waals surface area contributed by atoms with Crippen LogP contribution in [0.4, 0.5) is 0 Å². The highest BCUT2D eigenvalue weighted by Crippen LogP contribution is 2.14. The molecule has 1 fully saturated rings. The maximum Gasteiger partial charge on any atom is 0.00607 e. The number of hydrogen-bond donors (Lipinski definition) is 1. The molecule has 0 unspecified atom stereocenters. The van der Waals surface area contributed by atoms with Crippen molar-refractivity contribution in [1.82, 2.24) is 5.32 Å². The van der Waals surface area contributed by atoms with E-state index in [-0.39, 0.29) is 0 Å². The van der Waals surface area contributed by atoms with Gasteiger partial charge in [0.15, 0.2) is 0 Å². The molecule has 8 heavy (non-hydrogen) atoms. The van der Waals surface area contributed by atoms with Gasteiger partial charge in [-0.25, -0.2) is 0 Å². The zero-order chi connectivity index (χ0) is 5.82. The maximum atomic E-state index is 3.36. The van der Waals surface area contributed by atoms with Gasteiger partial charge in [0.1, 0.15) is 0 Å². The van der Waals surface area contributed by atoms with Crippen LogP contribution in [-0.2, 0) is 0 Å². The molecule has 1 rings (SSSR count). The van der Waals surface area contributed by atoms with Gasteiger partial charge in [-0.2, -0.15) is 11.8 Å². The van der Waals surface area contributed by atoms with Gasteiger partial charge >= 0.3 is 0 Å². The minimum absolute atomic E-state index is 0.880. The van der Waals surface area contributed by atoms with Crippen LogP contribution in [0, 0.1) is 0 Å². The Morgan fingerprint density at radius 1 is 1.50 bits per heavy atom. The summed E-state index contributed by atoms with van der Waals surface area (Å²) in [4.78, 5) is 0. The zero-order valence-electron chi connectivity index (χ0n) is 5.31. The molecule has 0 amide bonds. The fraction of sp³-hybridized carbons (Fsp3) is 1.00. The average molecular weight is 131 g/mol. The van der Waals surface area contributed by atoms with Crippen LogP contribution < -0.4 is 5.32 Å². The normalized spacial score (nSPS) is 31.9. The van der Waals surface area contributed by atoms with Crippen LogP contribution in [0.15, 0.2) is 0 Å². The molecule has 0 aliphatic carbocycles. The van der Waals surface area contributed by atoms with E-state index in [1.165, 1.54) is 25.3 Å². The van der Waals surface area contributed by atoms with E-state index in [1.54, 1.807) is 0 Å². The summed E-state index contributed by atoms with van der Waals surface area (Å²) in [6.07, 6.45) is 1.34. The molecule has 1 atom stereocenters. The number of nitrogens with one attached hydrogen (secondary N) is 1. The third-order valence-electron chi connectivity index (χ3n) is 1.41. The van der Waals surface area contributed by atoms with E-state index in [9.17, 15) is 0 Å². The average Bonchev–Trinajstić information content (AvgIpc) is 1.94. The van der Waals surface area contributed by atoms with Crippen molar-refractivity contribution in [2.45, 2.75) is 18.6 Å². The lowest BCUT2D eigenvalue weighted by molar-refractivity contribution is 0.691. The Morgan fingerprint density at radius 3 is 3.25 bits per heavy atom. The first-order chi connectivity index (χ1) is 3.89. The molecule has 0 aromatic heterocycles. The zero-order valence-corrected chi connectivity index (χ0v) is 6.13. The fourth-order valence-corrected chi connectivity index (χ4v) is 1.80. The first kappa shape index (κ1) is 6.43. The van der Waals surface area contributed by atoms with E-state index >= 15 is 0 Å². The molecular weight excluding hydrogens is 118 g/mol. The molecule has 1 aliphatic heterocycles. The lowest BCUT2D eigenvalue weighted by Gasteiger charge is -2.02. The summed E-state index contributed by atoms with van der Waals surface area (Å²) in [7, 11) is 0. The lowest BCUT2D eigenvalue weighted by atomic mass is 10.3. The molecule has 1 N–H and O–H groups in total. The van der Waals surface area contributed by atoms with Gasteiger partial charge in [0, 0.05) is 17.5 Å². The highest BCUT2D eigenvalue weighted by atomic mass is 32.2. The summed E-state index contributed by atoms with van der Waals surface area (Å²) >= 11 is 2.08. The van der Waals surface area contributed by atoms with Crippen molar-refractivity contribution in [2.75, 3.05) is 18.8 Å². The van der Waals surface area contributed by atoms with Crippen molar-refractivity contribution in [2.24, 2.45) is 0 Å². The summed E-state index contributed by atoms with van der Waals surface area (Å²) in [5.41, 5.74) is 0. The van der Waals surface area contributed by atoms with Gasteiger partial charge in [-0.15, -0.1) is 0 Å². The standard InChI is InChI=1S/C6H13NS/c1-6-2-3-7-4-5-8-6/h6-7H,2-5H2,1H3/t6-/m1/s1. The van der Waals surface area contributed by atoms with Crippen LogP contribution in [0.25, 0.3) is 0 Å². The van der Waals surface area contributed by atoms with Crippen molar-refractivity contribution in [1.29, 1.82) is 0 Å². The van der Waals surface area contributed by atoms with Gasteiger partial charge in [-0.05, 0) is 13.0 Å². The fourth-order valence-electron chi connectivity index (χ4n) is 0.846. The number of hydrogen-bond acceptors (Lipinski definition) is 2. The van der Waals surface area contributed by atoms with Crippen molar-refractivity contribution in [3.05, 3.63) is 0 Å². The first-order valence-electron chi connectivity index (χ1n) is 3.22. The SMILES string of the molecule is C[C@@H]1CCNCCS1. The number of rotatable bonds is 0. The van der Waals surface area contributed by atoms with Gasteiger partial charge in [0.05, 0.1) is 0 Å². The van der Waals surface area contributed by atoms with E-state index in [1.807, 2.05) is 0 Å². The second-order valence-corrected chi connectivity index (χ2v) is 3.77. The Labute approximate surface area is 55.2 Å². The maximum absolute atomic E-state index is 3.36. The van der Waals surface area contributed by atoms with E-state index < -0.39 is 0 Å². The minimum Gasteiger partial charge on any atom is -0.316 e. The molecule has 0 radical (unpaired) electrons. The summed E-state index contributed by atoms with van der Waals surface area (Å²) in [5, 5.41) is 4.24. The lowest BCUT2D eigenvalue weighted by Crippen LogP contribution is -2.15. The molecule has 1 nitrogen and oxygen atoms in total. The molecule has 1 heterocycles. The Bertz CT molecular complexity index is 57.5. The predicted octanol–water partition coefficient (Wildman–Crippen LogP) is 1.10. The quantitative estimate of drug-likeness (QED) is 0.528. The molecule has 2 heteroatoms. The second kappa shape index (κ2) is 3.36. The minimum atomic E-state index is 0.880. The summed E-state index contributed by atoms with van der Waals surface area (Å²) in [6, 6.07) is 0. The van der Waals surface area contributed by atoms with Crippen molar-refractivity contribution in [3.8, 4) is 0 Å². The number of thioether (sulfide) groups is 1. The Hall–Kier alpha value is 0.310. The van der Waals surface area contributed by atoms with E-state index in [0.717, 1.165) is 5.25 Å². The monoisotopic (exact) mass is 131 g/mol. The molecule has 0 aromatic carbocycles. The molecule has 0 bridgehead atoms. The van der Waals surface area contributed by atoms with Crippen LogP contribution in [0.3, 0.4) is 0 Å². The molecule has 0 spiro atoms. The molecule has 0 aromatic rings. The third kappa shape index (κ3) is 2.05. The highest BCUT2D eigenvalue weighted by Gasteiger charge is 2.04. The first-order valence-corrected chi connectivity index (χ1v) is 4.27. The highest BCUT2D eigenvalue weighted by molar-refractivity contribution is 7.99. The smallest absolute Gasteiger partial charge is 0.00607 e. The predicted molar refractivity (Wildman–Crippen MR) is 39.4 cm³/mol. The Kier molecular flexibility index (Phi) is 2.70. The van der Waals surface area contributed by atoms with Crippen LogP contribution in [0.1, 0.15) is 13.3 Å². The molecule has 0 saturated carbocycles. The van der Waals surface area contributed by atoms with Gasteiger partial charge in [0.25, 0.3) is 0 Å². The largest absolute Gasteiger partial charge is 0.316 e. The van der Waals surface area contributed by atoms with E-state index in [4.69, 9.17) is 0 Å². The van der Waals surface area contributed by atoms with Crippen LogP contribution in [0.2, 0.25) is 0 Å². The summed E-state index contributed by atoms with van der Waals surface area (Å²) < 4.78 is 0. The van der Waals surface area contributed by atoms with Gasteiger partial charge in [-0.3, -0.25) is 0 Å². The Balaban J connectivity index is 2.17. The molecule has 1 aliphatic rings. The summed E-state index contributed by atoms with van der Waals surface area (Å²) in [6.45, 7) is 4.72. The van der Waals surface area contributed by atoms with Crippen LogP contribution in [0.5, 0.6) is 0 Å². The Morgan fingerprint density at radius 2 is 2.38 bits per heavy atom. The third-order valence-corrected chi connectivity index (χ3v) is 2.65. The molecule has 1 saturated heterocycles. The van der Waals surface area contributed by atoms with Gasteiger partial charge in [-0.1, -0.05) is 6.92 Å². The van der Waals surface area contributed by atoms with Crippen molar-refractivity contribution >= 4 is 11.8 Å².